The minimum Gasteiger partial charge on any atom is -0.382 e. The summed E-state index contributed by atoms with van der Waals surface area (Å²) in [6.07, 6.45) is 5.78. The molecule has 31 heavy (non-hydrogen) atoms. The number of rotatable bonds is 7. The van der Waals surface area contributed by atoms with Crippen LogP contribution >= 0.6 is 24.0 Å². The first kappa shape index (κ1) is 23.5. The summed E-state index contributed by atoms with van der Waals surface area (Å²) in [5.41, 5.74) is 1.16. The van der Waals surface area contributed by atoms with E-state index in [9.17, 15) is 14.9 Å². The maximum absolute atomic E-state index is 13.1. The first-order chi connectivity index (χ1) is 14.9. The molecule has 7 nitrogen and oxygen atoms in total. The lowest BCUT2D eigenvalue weighted by Crippen LogP contribution is -2.36. The Morgan fingerprint density at radius 3 is 2.61 bits per heavy atom. The molecule has 166 valence electrons. The number of nitrogens with zero attached hydrogens (tertiary/aromatic N) is 4. The van der Waals surface area contributed by atoms with Crippen LogP contribution in [-0.2, 0) is 16.6 Å². The smallest absolute Gasteiger partial charge is 0.270 e. The minimum absolute atomic E-state index is 0.113. The molecule has 3 rings (SSSR count). The van der Waals surface area contributed by atoms with Gasteiger partial charge in [0.25, 0.3) is 11.5 Å². The van der Waals surface area contributed by atoms with Gasteiger partial charge in [0, 0.05) is 45.5 Å². The van der Waals surface area contributed by atoms with Gasteiger partial charge in [-0.05, 0) is 51.2 Å². The lowest BCUT2D eigenvalue weighted by molar-refractivity contribution is -0.122. The maximum atomic E-state index is 13.1. The van der Waals surface area contributed by atoms with E-state index in [0.717, 1.165) is 43.7 Å². The number of hydrogen-bond acceptors (Lipinski definition) is 7. The Kier molecular flexibility index (Phi) is 7.92. The predicted molar refractivity (Wildman–Crippen MR) is 128 cm³/mol. The van der Waals surface area contributed by atoms with E-state index < -0.39 is 0 Å². The van der Waals surface area contributed by atoms with E-state index in [1.165, 1.54) is 11.8 Å². The van der Waals surface area contributed by atoms with Crippen LogP contribution in [0.3, 0.4) is 0 Å². The van der Waals surface area contributed by atoms with Crippen molar-refractivity contribution in [3.05, 3.63) is 31.9 Å². The normalized spacial score (nSPS) is 18.2. The van der Waals surface area contributed by atoms with E-state index in [-0.39, 0.29) is 17.0 Å². The van der Waals surface area contributed by atoms with Crippen molar-refractivity contribution in [3.63, 3.8) is 0 Å². The molecule has 0 radical (unpaired) electrons. The molecule has 2 aliphatic heterocycles. The lowest BCUT2D eigenvalue weighted by Gasteiger charge is -2.32. The predicted octanol–water partition coefficient (Wildman–Crippen LogP) is 3.18. The van der Waals surface area contributed by atoms with Gasteiger partial charge in [-0.3, -0.25) is 19.1 Å². The standard InChI is InChI=1S/C22H28N4O3S2/c1-4-29-12-8-11-26-21(28)18(31-22(26)30)13-16-15(2)17(14-23)20(27)24(3)19(16)25-9-6-5-7-10-25/h13H,4-12H2,1-3H3. The third-order valence-electron chi connectivity index (χ3n) is 5.65. The zero-order valence-corrected chi connectivity index (χ0v) is 19.9. The van der Waals surface area contributed by atoms with Crippen LogP contribution in [0.5, 0.6) is 0 Å². The monoisotopic (exact) mass is 460 g/mol. The quantitative estimate of drug-likeness (QED) is 0.351. The molecule has 0 aromatic carbocycles. The van der Waals surface area contributed by atoms with Crippen LogP contribution in [0.25, 0.3) is 6.08 Å². The van der Waals surface area contributed by atoms with Crippen LogP contribution in [-0.4, -0.2) is 52.5 Å². The number of carbonyl (C=O) groups excluding carboxylic acids is 1. The number of pyridine rings is 1. The van der Waals surface area contributed by atoms with Crippen molar-refractivity contribution < 1.29 is 9.53 Å². The fourth-order valence-corrected chi connectivity index (χ4v) is 5.28. The summed E-state index contributed by atoms with van der Waals surface area (Å²) in [4.78, 5) is 30.2. The largest absolute Gasteiger partial charge is 0.382 e. The Hall–Kier alpha value is -2.15. The number of hydrogen-bond donors (Lipinski definition) is 0. The molecule has 2 aliphatic rings. The minimum atomic E-state index is -0.304. The molecule has 1 aromatic rings. The second-order valence-corrected chi connectivity index (χ2v) is 9.32. The Labute approximate surface area is 192 Å². The molecule has 0 unspecified atom stereocenters. The average molecular weight is 461 g/mol. The van der Waals surface area contributed by atoms with Gasteiger partial charge < -0.3 is 9.64 Å². The van der Waals surface area contributed by atoms with Gasteiger partial charge in [-0.1, -0.05) is 24.0 Å². The van der Waals surface area contributed by atoms with Gasteiger partial charge >= 0.3 is 0 Å². The highest BCUT2D eigenvalue weighted by Gasteiger charge is 2.33. The maximum Gasteiger partial charge on any atom is 0.270 e. The van der Waals surface area contributed by atoms with Gasteiger partial charge in [0.15, 0.2) is 0 Å². The molecule has 0 bridgehead atoms. The van der Waals surface area contributed by atoms with E-state index in [0.29, 0.717) is 41.0 Å². The summed E-state index contributed by atoms with van der Waals surface area (Å²) in [5, 5.41) is 9.58. The molecule has 0 aliphatic carbocycles. The zero-order chi connectivity index (χ0) is 22.5. The van der Waals surface area contributed by atoms with Gasteiger partial charge in [0.2, 0.25) is 0 Å². The lowest BCUT2D eigenvalue weighted by atomic mass is 10.0. The SMILES string of the molecule is CCOCCCN1C(=O)C(=Cc2c(C)c(C#N)c(=O)n(C)c2N2CCCCC2)SC1=S. The first-order valence-corrected chi connectivity index (χ1v) is 11.8. The molecule has 0 saturated carbocycles. The van der Waals surface area contributed by atoms with Crippen molar-refractivity contribution in [1.29, 1.82) is 5.26 Å². The van der Waals surface area contributed by atoms with Gasteiger partial charge in [-0.2, -0.15) is 5.26 Å². The molecule has 9 heteroatoms. The second-order valence-electron chi connectivity index (χ2n) is 7.64. The molecule has 0 spiro atoms. The molecular weight excluding hydrogens is 432 g/mol. The number of carbonyl (C=O) groups is 1. The van der Waals surface area contributed by atoms with Gasteiger partial charge in [-0.15, -0.1) is 0 Å². The third-order valence-corrected chi connectivity index (χ3v) is 7.02. The van der Waals surface area contributed by atoms with Crippen molar-refractivity contribution in [2.45, 2.75) is 39.5 Å². The van der Waals surface area contributed by atoms with E-state index in [4.69, 9.17) is 17.0 Å². The molecule has 3 heterocycles. The number of anilines is 1. The van der Waals surface area contributed by atoms with E-state index in [1.807, 2.05) is 13.0 Å². The van der Waals surface area contributed by atoms with Gasteiger partial charge in [-0.25, -0.2) is 0 Å². The summed E-state index contributed by atoms with van der Waals surface area (Å²) in [5.74, 6) is 0.630. The van der Waals surface area contributed by atoms with Crippen molar-refractivity contribution in [2.75, 3.05) is 37.7 Å². The Balaban J connectivity index is 2.02. The van der Waals surface area contributed by atoms with Crippen molar-refractivity contribution in [2.24, 2.45) is 7.05 Å². The van der Waals surface area contributed by atoms with Crippen molar-refractivity contribution in [3.8, 4) is 6.07 Å². The topological polar surface area (TPSA) is 78.6 Å². The number of thioether (sulfide) groups is 1. The van der Waals surface area contributed by atoms with Crippen LogP contribution in [0.2, 0.25) is 0 Å². The second kappa shape index (κ2) is 10.4. The summed E-state index contributed by atoms with van der Waals surface area (Å²) in [6, 6.07) is 2.05. The van der Waals surface area contributed by atoms with Crippen LogP contribution in [0, 0.1) is 18.3 Å². The highest BCUT2D eigenvalue weighted by molar-refractivity contribution is 8.26. The van der Waals surface area contributed by atoms with E-state index in [1.54, 1.807) is 29.5 Å². The van der Waals surface area contributed by atoms with Crippen molar-refractivity contribution >= 4 is 46.1 Å². The zero-order valence-electron chi connectivity index (χ0n) is 18.3. The summed E-state index contributed by atoms with van der Waals surface area (Å²) >= 11 is 6.71. The number of amides is 1. The first-order valence-electron chi connectivity index (χ1n) is 10.6. The highest BCUT2D eigenvalue weighted by Crippen LogP contribution is 2.36. The molecule has 1 aromatic heterocycles. The summed E-state index contributed by atoms with van der Waals surface area (Å²) in [6.45, 7) is 7.14. The highest BCUT2D eigenvalue weighted by atomic mass is 32.2. The molecule has 2 fully saturated rings. The van der Waals surface area contributed by atoms with Crippen LogP contribution in [0.1, 0.15) is 49.3 Å². The van der Waals surface area contributed by atoms with Gasteiger partial charge in [0.05, 0.1) is 4.91 Å². The molecule has 2 saturated heterocycles. The fourth-order valence-electron chi connectivity index (χ4n) is 3.99. The average Bonchev–Trinajstić information content (AvgIpc) is 3.03. The fraction of sp³-hybridized carbons (Fsp3) is 0.545. The van der Waals surface area contributed by atoms with E-state index in [2.05, 4.69) is 4.90 Å². The Morgan fingerprint density at radius 2 is 1.97 bits per heavy atom. The van der Waals surface area contributed by atoms with E-state index >= 15 is 0 Å². The summed E-state index contributed by atoms with van der Waals surface area (Å²) < 4.78 is 7.43. The molecule has 0 atom stereocenters. The van der Waals surface area contributed by atoms with Gasteiger partial charge in [0.1, 0.15) is 21.8 Å². The molecule has 0 N–H and O–H groups in total. The molecular formula is C22H28N4O3S2. The number of thiocarbonyl (C=S) groups is 1. The Morgan fingerprint density at radius 1 is 1.26 bits per heavy atom. The summed E-state index contributed by atoms with van der Waals surface area (Å²) in [7, 11) is 1.70. The Bertz CT molecular complexity index is 1000. The van der Waals surface area contributed by atoms with Crippen molar-refractivity contribution in [1.82, 2.24) is 9.47 Å². The molecule has 1 amide bonds. The number of ether oxygens (including phenoxy) is 1. The number of aromatic nitrogens is 1. The third kappa shape index (κ3) is 4.86. The van der Waals surface area contributed by atoms with Crippen LogP contribution in [0.4, 0.5) is 5.82 Å². The number of nitriles is 1. The number of piperidine rings is 1. The van der Waals surface area contributed by atoms with Crippen LogP contribution < -0.4 is 10.5 Å². The van der Waals surface area contributed by atoms with Crippen LogP contribution in [0.15, 0.2) is 9.70 Å².